The minimum Gasteiger partial charge on any atom is -0.496 e. The van der Waals surface area contributed by atoms with Gasteiger partial charge >= 0.3 is 6.09 Å². The van der Waals surface area contributed by atoms with E-state index < -0.39 is 0 Å². The van der Waals surface area contributed by atoms with E-state index in [9.17, 15) is 9.59 Å². The van der Waals surface area contributed by atoms with E-state index in [0.29, 0.717) is 44.1 Å². The van der Waals surface area contributed by atoms with Gasteiger partial charge in [0.1, 0.15) is 5.75 Å². The van der Waals surface area contributed by atoms with Gasteiger partial charge in [0, 0.05) is 48.0 Å². The molecule has 1 heterocycles. The fourth-order valence-electron chi connectivity index (χ4n) is 3.31. The van der Waals surface area contributed by atoms with E-state index in [2.05, 4.69) is 31.2 Å². The van der Waals surface area contributed by atoms with Crippen LogP contribution in [-0.2, 0) is 10.5 Å². The van der Waals surface area contributed by atoms with Crippen molar-refractivity contribution in [3.8, 4) is 5.75 Å². The van der Waals surface area contributed by atoms with Crippen LogP contribution in [0.5, 0.6) is 5.75 Å². The highest BCUT2D eigenvalue weighted by Crippen LogP contribution is 2.29. The summed E-state index contributed by atoms with van der Waals surface area (Å²) in [4.78, 5) is 29.5. The number of aryl methyl sites for hydroxylation is 1. The van der Waals surface area contributed by atoms with Gasteiger partial charge < -0.3 is 19.3 Å². The molecule has 6 nitrogen and oxygen atoms in total. The summed E-state index contributed by atoms with van der Waals surface area (Å²) in [6.07, 6.45) is -0.315. The first kappa shape index (κ1) is 22.0. The topological polar surface area (TPSA) is 59.1 Å². The maximum atomic E-state index is 13.0. The Balaban J connectivity index is 1.65. The normalized spacial score (nSPS) is 13.8. The number of rotatable bonds is 6. The second-order valence-electron chi connectivity index (χ2n) is 7.11. The van der Waals surface area contributed by atoms with Crippen LogP contribution in [0.1, 0.15) is 28.4 Å². The van der Waals surface area contributed by atoms with Gasteiger partial charge in [0.15, 0.2) is 0 Å². The SMILES string of the molecule is CCOC(=O)N1CCN(C(=O)c2ccc(OC)c(CSc3ccc(C)cc3)c2)CC1. The number of carbonyl (C=O) groups excluding carboxylic acids is 2. The number of hydrogen-bond acceptors (Lipinski definition) is 5. The van der Waals surface area contributed by atoms with Gasteiger partial charge in [0.25, 0.3) is 5.91 Å². The van der Waals surface area contributed by atoms with E-state index in [1.54, 1.807) is 41.7 Å². The molecule has 0 atom stereocenters. The molecule has 0 radical (unpaired) electrons. The van der Waals surface area contributed by atoms with E-state index >= 15 is 0 Å². The minimum atomic E-state index is -0.315. The molecule has 2 amide bonds. The summed E-state index contributed by atoms with van der Waals surface area (Å²) in [6, 6.07) is 14.0. The monoisotopic (exact) mass is 428 g/mol. The van der Waals surface area contributed by atoms with Crippen LogP contribution >= 0.6 is 11.8 Å². The lowest BCUT2D eigenvalue weighted by molar-refractivity contribution is 0.0570. The Hall–Kier alpha value is -2.67. The largest absolute Gasteiger partial charge is 0.496 e. The van der Waals surface area contributed by atoms with Crippen LogP contribution in [0, 0.1) is 6.92 Å². The van der Waals surface area contributed by atoms with Gasteiger partial charge in [-0.15, -0.1) is 11.8 Å². The first-order chi connectivity index (χ1) is 14.5. The van der Waals surface area contributed by atoms with Crippen molar-refractivity contribution in [3.63, 3.8) is 0 Å². The summed E-state index contributed by atoms with van der Waals surface area (Å²) < 4.78 is 10.5. The first-order valence-corrected chi connectivity index (χ1v) is 11.1. The molecule has 0 aromatic heterocycles. The molecule has 0 spiro atoms. The third-order valence-electron chi connectivity index (χ3n) is 5.04. The number of ether oxygens (including phenoxy) is 2. The number of nitrogens with zero attached hydrogens (tertiary/aromatic N) is 2. The fraction of sp³-hybridized carbons (Fsp3) is 0.391. The van der Waals surface area contributed by atoms with Crippen LogP contribution in [0.15, 0.2) is 47.4 Å². The van der Waals surface area contributed by atoms with Crippen LogP contribution in [0.3, 0.4) is 0 Å². The van der Waals surface area contributed by atoms with Crippen LogP contribution in [0.2, 0.25) is 0 Å². The Labute approximate surface area is 182 Å². The number of methoxy groups -OCH3 is 1. The van der Waals surface area contributed by atoms with Crippen LogP contribution < -0.4 is 4.74 Å². The van der Waals surface area contributed by atoms with Crippen molar-refractivity contribution >= 4 is 23.8 Å². The molecule has 3 rings (SSSR count). The van der Waals surface area contributed by atoms with Crippen molar-refractivity contribution < 1.29 is 19.1 Å². The summed E-state index contributed by atoms with van der Waals surface area (Å²) in [6.45, 7) is 6.17. The lowest BCUT2D eigenvalue weighted by Gasteiger charge is -2.34. The van der Waals surface area contributed by atoms with Crippen molar-refractivity contribution in [2.24, 2.45) is 0 Å². The Morgan fingerprint density at radius 2 is 1.67 bits per heavy atom. The number of piperazine rings is 1. The van der Waals surface area contributed by atoms with Gasteiger partial charge in [-0.25, -0.2) is 4.79 Å². The van der Waals surface area contributed by atoms with Crippen molar-refractivity contribution in [2.75, 3.05) is 39.9 Å². The molecule has 2 aromatic carbocycles. The predicted molar refractivity (Wildman–Crippen MR) is 118 cm³/mol. The molecule has 0 saturated carbocycles. The molecule has 1 aliphatic rings. The third-order valence-corrected chi connectivity index (χ3v) is 6.10. The van der Waals surface area contributed by atoms with Gasteiger partial charge in [-0.2, -0.15) is 0 Å². The summed E-state index contributed by atoms with van der Waals surface area (Å²) in [7, 11) is 1.64. The molecular formula is C23H28N2O4S. The number of hydrogen-bond donors (Lipinski definition) is 0. The molecular weight excluding hydrogens is 400 g/mol. The summed E-state index contributed by atoms with van der Waals surface area (Å²) in [5, 5.41) is 0. The second-order valence-corrected chi connectivity index (χ2v) is 8.16. The summed E-state index contributed by atoms with van der Waals surface area (Å²) >= 11 is 1.71. The second kappa shape index (κ2) is 10.4. The van der Waals surface area contributed by atoms with Crippen molar-refractivity contribution in [1.82, 2.24) is 9.80 Å². The molecule has 0 N–H and O–H groups in total. The van der Waals surface area contributed by atoms with Crippen LogP contribution in [0.4, 0.5) is 4.79 Å². The third kappa shape index (κ3) is 5.48. The van der Waals surface area contributed by atoms with E-state index in [1.807, 2.05) is 12.1 Å². The molecule has 0 aliphatic carbocycles. The summed E-state index contributed by atoms with van der Waals surface area (Å²) in [5.74, 6) is 1.46. The molecule has 7 heteroatoms. The number of amides is 2. The number of thioether (sulfide) groups is 1. The Morgan fingerprint density at radius 1 is 1.00 bits per heavy atom. The average Bonchev–Trinajstić information content (AvgIpc) is 2.78. The number of benzene rings is 2. The summed E-state index contributed by atoms with van der Waals surface area (Å²) in [5.41, 5.74) is 2.85. The van der Waals surface area contributed by atoms with Gasteiger partial charge in [-0.05, 0) is 44.2 Å². The number of carbonyl (C=O) groups is 2. The highest BCUT2D eigenvalue weighted by molar-refractivity contribution is 7.98. The molecule has 2 aromatic rings. The van der Waals surface area contributed by atoms with Gasteiger partial charge in [-0.1, -0.05) is 17.7 Å². The molecule has 0 unspecified atom stereocenters. The molecule has 1 aliphatic heterocycles. The van der Waals surface area contributed by atoms with Gasteiger partial charge in [0.05, 0.1) is 13.7 Å². The highest BCUT2D eigenvalue weighted by atomic mass is 32.2. The van der Waals surface area contributed by atoms with Crippen LogP contribution in [0.25, 0.3) is 0 Å². The van der Waals surface area contributed by atoms with E-state index in [0.717, 1.165) is 11.3 Å². The lowest BCUT2D eigenvalue weighted by Crippen LogP contribution is -2.50. The average molecular weight is 429 g/mol. The van der Waals surface area contributed by atoms with Crippen molar-refractivity contribution in [2.45, 2.75) is 24.5 Å². The highest BCUT2D eigenvalue weighted by Gasteiger charge is 2.26. The Bertz CT molecular complexity index is 877. The molecule has 30 heavy (non-hydrogen) atoms. The zero-order chi connectivity index (χ0) is 21.5. The maximum Gasteiger partial charge on any atom is 0.409 e. The van der Waals surface area contributed by atoms with Gasteiger partial charge in [-0.3, -0.25) is 4.79 Å². The van der Waals surface area contributed by atoms with E-state index in [1.165, 1.54) is 10.5 Å². The molecule has 1 saturated heterocycles. The lowest BCUT2D eigenvalue weighted by atomic mass is 10.1. The Morgan fingerprint density at radius 3 is 2.30 bits per heavy atom. The smallest absolute Gasteiger partial charge is 0.409 e. The Kier molecular flexibility index (Phi) is 7.63. The fourth-order valence-corrected chi connectivity index (χ4v) is 4.19. The maximum absolute atomic E-state index is 13.0. The zero-order valence-corrected chi connectivity index (χ0v) is 18.5. The molecule has 1 fully saturated rings. The standard InChI is InChI=1S/C23H28N2O4S/c1-4-29-23(27)25-13-11-24(12-14-25)22(26)18-7-10-21(28-3)19(15-18)16-30-20-8-5-17(2)6-9-20/h5-10,15H,4,11-14,16H2,1-3H3. The zero-order valence-electron chi connectivity index (χ0n) is 17.7. The molecule has 0 bridgehead atoms. The first-order valence-electron chi connectivity index (χ1n) is 10.1. The minimum absolute atomic E-state index is 0.0252. The quantitative estimate of drug-likeness (QED) is 0.645. The van der Waals surface area contributed by atoms with Gasteiger partial charge in [0.2, 0.25) is 0 Å². The molecule has 160 valence electrons. The van der Waals surface area contributed by atoms with E-state index in [-0.39, 0.29) is 12.0 Å². The van der Waals surface area contributed by atoms with Crippen molar-refractivity contribution in [1.29, 1.82) is 0 Å². The van der Waals surface area contributed by atoms with Crippen LogP contribution in [-0.4, -0.2) is 61.7 Å². The predicted octanol–water partition coefficient (Wildman–Crippen LogP) is 4.21. The van der Waals surface area contributed by atoms with E-state index in [4.69, 9.17) is 9.47 Å². The van der Waals surface area contributed by atoms with Crippen molar-refractivity contribution in [3.05, 3.63) is 59.2 Å².